The zero-order valence-electron chi connectivity index (χ0n) is 14.4. The number of nitrogens with one attached hydrogen (secondary N) is 2. The third-order valence-corrected chi connectivity index (χ3v) is 4.46. The lowest BCUT2D eigenvalue weighted by atomic mass is 10.0. The van der Waals surface area contributed by atoms with E-state index in [1.54, 1.807) is 0 Å². The number of hydrogen-bond donors (Lipinski definition) is 2. The van der Waals surface area contributed by atoms with Crippen molar-refractivity contribution in [3.05, 3.63) is 33.9 Å². The second-order valence-corrected chi connectivity index (χ2v) is 8.03. The molecule has 138 valence electrons. The first kappa shape index (κ1) is 20.6. The van der Waals surface area contributed by atoms with E-state index in [1.807, 2.05) is 13.8 Å². The molecule has 10 heteroatoms. The standard InChI is InChI=1S/C15H21N3O6S/c1-9(2)5-13(15(20)16-3)17-14(19)10-6-11(18(21)22)8-12(7-10)25(4,23)24/h6-9,13H,5H2,1-4H3,(H,16,20)(H,17,19). The smallest absolute Gasteiger partial charge is 0.271 e. The Morgan fingerprint density at radius 2 is 1.84 bits per heavy atom. The van der Waals surface area contributed by atoms with Crippen LogP contribution in [-0.2, 0) is 14.6 Å². The van der Waals surface area contributed by atoms with E-state index in [2.05, 4.69) is 10.6 Å². The first-order valence-corrected chi connectivity index (χ1v) is 9.36. The predicted octanol–water partition coefficient (Wildman–Crippen LogP) is 0.889. The number of nitrogens with zero attached hydrogens (tertiary/aromatic N) is 1. The van der Waals surface area contributed by atoms with Gasteiger partial charge in [0, 0.05) is 31.0 Å². The molecule has 0 heterocycles. The van der Waals surface area contributed by atoms with Crippen molar-refractivity contribution < 1.29 is 22.9 Å². The van der Waals surface area contributed by atoms with Crippen LogP contribution in [0, 0.1) is 16.0 Å². The van der Waals surface area contributed by atoms with Gasteiger partial charge in [-0.3, -0.25) is 19.7 Å². The molecule has 0 saturated heterocycles. The molecule has 0 spiro atoms. The normalized spacial score (nSPS) is 12.5. The number of benzene rings is 1. The monoisotopic (exact) mass is 371 g/mol. The average Bonchev–Trinajstić information content (AvgIpc) is 2.51. The minimum Gasteiger partial charge on any atom is -0.357 e. The van der Waals surface area contributed by atoms with Gasteiger partial charge in [-0.2, -0.15) is 0 Å². The van der Waals surface area contributed by atoms with Crippen molar-refractivity contribution in [2.24, 2.45) is 5.92 Å². The van der Waals surface area contributed by atoms with Gasteiger partial charge >= 0.3 is 0 Å². The molecule has 0 aliphatic heterocycles. The van der Waals surface area contributed by atoms with Crippen LogP contribution < -0.4 is 10.6 Å². The summed E-state index contributed by atoms with van der Waals surface area (Å²) < 4.78 is 23.4. The molecular formula is C15H21N3O6S. The van der Waals surface area contributed by atoms with E-state index >= 15 is 0 Å². The Bertz CT molecular complexity index is 788. The van der Waals surface area contributed by atoms with Crippen molar-refractivity contribution >= 4 is 27.3 Å². The van der Waals surface area contributed by atoms with E-state index in [4.69, 9.17) is 0 Å². The molecule has 0 fully saturated rings. The largest absolute Gasteiger partial charge is 0.357 e. The summed E-state index contributed by atoms with van der Waals surface area (Å²) in [4.78, 5) is 34.2. The summed E-state index contributed by atoms with van der Waals surface area (Å²) in [6.45, 7) is 3.74. The molecule has 1 aromatic carbocycles. The maximum Gasteiger partial charge on any atom is 0.271 e. The fraction of sp³-hybridized carbons (Fsp3) is 0.467. The number of sulfone groups is 1. The summed E-state index contributed by atoms with van der Waals surface area (Å²) in [6.07, 6.45) is 1.25. The van der Waals surface area contributed by atoms with Crippen LogP contribution in [-0.4, -0.2) is 44.5 Å². The van der Waals surface area contributed by atoms with Gasteiger partial charge in [-0.05, 0) is 18.4 Å². The highest BCUT2D eigenvalue weighted by Crippen LogP contribution is 2.21. The number of carbonyl (C=O) groups excluding carboxylic acids is 2. The fourth-order valence-electron chi connectivity index (χ4n) is 2.15. The molecule has 0 aliphatic rings. The molecule has 0 bridgehead atoms. The summed E-state index contributed by atoms with van der Waals surface area (Å²) in [5, 5.41) is 15.9. The van der Waals surface area contributed by atoms with Gasteiger partial charge in [-0.25, -0.2) is 8.42 Å². The van der Waals surface area contributed by atoms with Gasteiger partial charge in [-0.15, -0.1) is 0 Å². The van der Waals surface area contributed by atoms with Crippen LogP contribution in [0.2, 0.25) is 0 Å². The first-order valence-electron chi connectivity index (χ1n) is 7.47. The van der Waals surface area contributed by atoms with Crippen molar-refractivity contribution in [2.45, 2.75) is 31.2 Å². The maximum absolute atomic E-state index is 12.4. The minimum absolute atomic E-state index is 0.110. The van der Waals surface area contributed by atoms with Crippen molar-refractivity contribution in [1.29, 1.82) is 0 Å². The van der Waals surface area contributed by atoms with Gasteiger partial charge in [0.25, 0.3) is 11.6 Å². The molecule has 1 atom stereocenters. The molecular weight excluding hydrogens is 350 g/mol. The second-order valence-electron chi connectivity index (χ2n) is 6.01. The van der Waals surface area contributed by atoms with E-state index in [1.165, 1.54) is 7.05 Å². The lowest BCUT2D eigenvalue weighted by Crippen LogP contribution is -2.46. The molecule has 25 heavy (non-hydrogen) atoms. The van der Waals surface area contributed by atoms with Gasteiger partial charge in [0.2, 0.25) is 5.91 Å². The number of carbonyl (C=O) groups is 2. The second kappa shape index (κ2) is 8.06. The van der Waals surface area contributed by atoms with Crippen molar-refractivity contribution in [2.75, 3.05) is 13.3 Å². The Balaban J connectivity index is 3.25. The van der Waals surface area contributed by atoms with Crippen LogP contribution in [0.1, 0.15) is 30.6 Å². The van der Waals surface area contributed by atoms with Crippen LogP contribution in [0.3, 0.4) is 0 Å². The summed E-state index contributed by atoms with van der Waals surface area (Å²) in [5.74, 6) is -1.06. The lowest BCUT2D eigenvalue weighted by Gasteiger charge is -2.19. The highest BCUT2D eigenvalue weighted by Gasteiger charge is 2.24. The molecule has 2 N–H and O–H groups in total. The van der Waals surface area contributed by atoms with Crippen LogP contribution in [0.5, 0.6) is 0 Å². The quantitative estimate of drug-likeness (QED) is 0.540. The van der Waals surface area contributed by atoms with Gasteiger partial charge in [0.15, 0.2) is 9.84 Å². The third-order valence-electron chi connectivity index (χ3n) is 3.37. The molecule has 0 saturated carbocycles. The Hall–Kier alpha value is -2.49. The molecule has 1 aromatic rings. The van der Waals surface area contributed by atoms with Crippen molar-refractivity contribution in [3.63, 3.8) is 0 Å². The SMILES string of the molecule is CNC(=O)C(CC(C)C)NC(=O)c1cc([N+](=O)[O-])cc(S(C)(=O)=O)c1. The van der Waals surface area contributed by atoms with Gasteiger partial charge < -0.3 is 10.6 Å². The van der Waals surface area contributed by atoms with E-state index in [0.717, 1.165) is 24.5 Å². The number of non-ortho nitro benzene ring substituents is 1. The number of nitro groups is 1. The lowest BCUT2D eigenvalue weighted by molar-refractivity contribution is -0.385. The number of nitro benzene ring substituents is 1. The predicted molar refractivity (Wildman–Crippen MR) is 91.0 cm³/mol. The summed E-state index contributed by atoms with van der Waals surface area (Å²) in [5.41, 5.74) is -0.722. The summed E-state index contributed by atoms with van der Waals surface area (Å²) in [7, 11) is -2.32. The van der Waals surface area contributed by atoms with E-state index in [0.29, 0.717) is 6.42 Å². The Kier molecular flexibility index (Phi) is 6.63. The van der Waals surface area contributed by atoms with Crippen molar-refractivity contribution in [1.82, 2.24) is 10.6 Å². The molecule has 0 aliphatic carbocycles. The van der Waals surface area contributed by atoms with Gasteiger partial charge in [-0.1, -0.05) is 13.8 Å². The summed E-state index contributed by atoms with van der Waals surface area (Å²) >= 11 is 0. The van der Waals surface area contributed by atoms with E-state index in [9.17, 15) is 28.1 Å². The van der Waals surface area contributed by atoms with Crippen molar-refractivity contribution in [3.8, 4) is 0 Å². The van der Waals surface area contributed by atoms with Crippen LogP contribution in [0.25, 0.3) is 0 Å². The fourth-order valence-corrected chi connectivity index (χ4v) is 2.83. The number of rotatable bonds is 7. The minimum atomic E-state index is -3.75. The highest BCUT2D eigenvalue weighted by molar-refractivity contribution is 7.90. The van der Waals surface area contributed by atoms with Crippen LogP contribution >= 0.6 is 0 Å². The van der Waals surface area contributed by atoms with E-state index < -0.39 is 38.3 Å². The molecule has 1 unspecified atom stereocenters. The molecule has 1 rings (SSSR count). The number of amides is 2. The Morgan fingerprint density at radius 1 is 1.24 bits per heavy atom. The highest BCUT2D eigenvalue weighted by atomic mass is 32.2. The zero-order valence-corrected chi connectivity index (χ0v) is 15.2. The Morgan fingerprint density at radius 3 is 2.28 bits per heavy atom. The maximum atomic E-state index is 12.4. The number of hydrogen-bond acceptors (Lipinski definition) is 6. The molecule has 0 aromatic heterocycles. The van der Waals surface area contributed by atoms with Gasteiger partial charge in [0.05, 0.1) is 9.82 Å². The van der Waals surface area contributed by atoms with E-state index in [-0.39, 0.29) is 16.4 Å². The molecule has 2 amide bonds. The topological polar surface area (TPSA) is 135 Å². The van der Waals surface area contributed by atoms with Gasteiger partial charge in [0.1, 0.15) is 6.04 Å². The first-order chi connectivity index (χ1) is 11.5. The summed E-state index contributed by atoms with van der Waals surface area (Å²) in [6, 6.07) is 2.07. The average molecular weight is 371 g/mol. The van der Waals surface area contributed by atoms with Crippen LogP contribution in [0.15, 0.2) is 23.1 Å². The number of likely N-dealkylation sites (N-methyl/N-ethyl adjacent to an activating group) is 1. The third kappa shape index (κ3) is 5.82. The molecule has 9 nitrogen and oxygen atoms in total. The zero-order chi connectivity index (χ0) is 19.4. The van der Waals surface area contributed by atoms with Crippen LogP contribution in [0.4, 0.5) is 5.69 Å². The molecule has 0 radical (unpaired) electrons. The Labute approximate surface area is 145 Å².